The van der Waals surface area contributed by atoms with Crippen molar-refractivity contribution < 1.29 is 20.8 Å². The van der Waals surface area contributed by atoms with Crippen molar-refractivity contribution in [2.45, 2.75) is 45.2 Å². The second-order valence-corrected chi connectivity index (χ2v) is 5.38. The van der Waals surface area contributed by atoms with E-state index in [1.807, 2.05) is 0 Å². The van der Waals surface area contributed by atoms with Crippen molar-refractivity contribution in [1.29, 1.82) is 0 Å². The minimum Gasteiger partial charge on any atom is -0.480 e. The largest absolute Gasteiger partial charge is 0.480 e. The zero-order valence-corrected chi connectivity index (χ0v) is 11.1. The molecular formula is C12H22N2O4. The molecule has 104 valence electrons. The fourth-order valence-electron chi connectivity index (χ4n) is 1.83. The van der Waals surface area contributed by atoms with Crippen molar-refractivity contribution >= 4 is 12.1 Å². The fourth-order valence-corrected chi connectivity index (χ4v) is 1.83. The van der Waals surface area contributed by atoms with Crippen LogP contribution in [0, 0.1) is 0 Å². The highest BCUT2D eigenvalue weighted by atomic mass is 16.6. The molecule has 1 aliphatic heterocycles. The molecule has 0 aromatic carbocycles. The lowest BCUT2D eigenvalue weighted by atomic mass is 10.2. The zero-order chi connectivity index (χ0) is 14.6. The number of amides is 1. The molecule has 1 unspecified atom stereocenters. The lowest BCUT2D eigenvalue weighted by Gasteiger charge is -2.24. The smallest absolute Gasteiger partial charge is 0.407 e. The number of ether oxygens (including phenoxy) is 1. The number of nitrogens with one attached hydrogen (secondary N) is 1. The molecule has 0 aromatic rings. The van der Waals surface area contributed by atoms with Crippen molar-refractivity contribution in [3.8, 4) is 0 Å². The summed E-state index contributed by atoms with van der Waals surface area (Å²) < 4.78 is 12.8. The van der Waals surface area contributed by atoms with E-state index in [-0.39, 0.29) is 19.0 Å². The first-order valence-corrected chi connectivity index (χ1v) is 6.02. The highest BCUT2D eigenvalue weighted by molar-refractivity contribution is 5.69. The second kappa shape index (κ2) is 6.04. The van der Waals surface area contributed by atoms with Gasteiger partial charge in [-0.05, 0) is 40.1 Å². The van der Waals surface area contributed by atoms with Crippen molar-refractivity contribution in [3.63, 3.8) is 0 Å². The molecule has 1 saturated heterocycles. The van der Waals surface area contributed by atoms with Gasteiger partial charge in [-0.2, -0.15) is 0 Å². The third-order valence-corrected chi connectivity index (χ3v) is 2.54. The molecule has 0 radical (unpaired) electrons. The predicted molar refractivity (Wildman–Crippen MR) is 66.5 cm³/mol. The Bertz CT molecular complexity index is 343. The van der Waals surface area contributed by atoms with Crippen LogP contribution >= 0.6 is 0 Å². The third-order valence-electron chi connectivity index (χ3n) is 2.54. The Kier molecular flexibility index (Phi) is 4.41. The first-order chi connectivity index (χ1) is 8.67. The van der Waals surface area contributed by atoms with Crippen LogP contribution in [0.2, 0.25) is 0 Å². The quantitative estimate of drug-likeness (QED) is 0.790. The van der Waals surface area contributed by atoms with E-state index in [0.29, 0.717) is 19.5 Å². The molecule has 0 spiro atoms. The Morgan fingerprint density at radius 1 is 1.56 bits per heavy atom. The number of aliphatic carboxylic acids is 1. The summed E-state index contributed by atoms with van der Waals surface area (Å²) in [6.07, 6.45) is -0.260. The van der Waals surface area contributed by atoms with Gasteiger partial charge in [0.1, 0.15) is 5.60 Å². The topological polar surface area (TPSA) is 78.9 Å². The summed E-state index contributed by atoms with van der Waals surface area (Å²) >= 11 is 0. The maximum atomic E-state index is 11.5. The van der Waals surface area contributed by atoms with E-state index in [1.54, 1.807) is 25.7 Å². The van der Waals surface area contributed by atoms with Crippen LogP contribution in [-0.2, 0) is 9.53 Å². The standard InChI is InChI=1S/C12H22N2O4/c1-12(2,3)18-11(17)13-7-9-5-4-6-14(9)8-10(15)16/h9H,4-8H2,1-3H3,(H,13,17)(H,15,16)/t9-/m1/s1/i4T/t4?,9-. The van der Waals surface area contributed by atoms with E-state index in [1.165, 1.54) is 0 Å². The summed E-state index contributed by atoms with van der Waals surface area (Å²) in [7, 11) is 0. The van der Waals surface area contributed by atoms with Gasteiger partial charge in [0, 0.05) is 14.0 Å². The molecule has 2 atom stereocenters. The molecular weight excluding hydrogens is 236 g/mol. The van der Waals surface area contributed by atoms with E-state index < -0.39 is 17.7 Å². The minimum atomic E-state index is -0.920. The Labute approximate surface area is 109 Å². The lowest BCUT2D eigenvalue weighted by molar-refractivity contribution is -0.138. The number of carbonyl (C=O) groups excluding carboxylic acids is 1. The summed E-state index contributed by atoms with van der Waals surface area (Å²) in [5.74, 6) is -0.920. The van der Waals surface area contributed by atoms with Gasteiger partial charge in [-0.3, -0.25) is 9.69 Å². The van der Waals surface area contributed by atoms with Gasteiger partial charge in [0.15, 0.2) is 0 Å². The number of hydrogen-bond donors (Lipinski definition) is 2. The molecule has 1 amide bonds. The Morgan fingerprint density at radius 3 is 2.78 bits per heavy atom. The Hall–Kier alpha value is -1.30. The molecule has 2 N–H and O–H groups in total. The number of carbonyl (C=O) groups is 2. The van der Waals surface area contributed by atoms with E-state index in [4.69, 9.17) is 11.2 Å². The zero-order valence-electron chi connectivity index (χ0n) is 12.1. The van der Waals surface area contributed by atoms with Crippen molar-refractivity contribution in [2.75, 3.05) is 19.6 Å². The number of hydrogen-bond acceptors (Lipinski definition) is 4. The minimum absolute atomic E-state index is 0.101. The van der Waals surface area contributed by atoms with Crippen LogP contribution in [0.15, 0.2) is 0 Å². The predicted octanol–water partition coefficient (Wildman–Crippen LogP) is 1.06. The Balaban J connectivity index is 2.42. The van der Waals surface area contributed by atoms with Crippen LogP contribution < -0.4 is 5.32 Å². The third kappa shape index (κ3) is 5.35. The monoisotopic (exact) mass is 260 g/mol. The molecule has 0 aliphatic carbocycles. The van der Waals surface area contributed by atoms with Crippen molar-refractivity contribution in [3.05, 3.63) is 0 Å². The molecule has 1 fully saturated rings. The van der Waals surface area contributed by atoms with E-state index in [0.717, 1.165) is 0 Å². The molecule has 0 bridgehead atoms. The SMILES string of the molecule is [3H]C1C[C@H](CNC(=O)OC(C)(C)C)N(CC(=O)O)C1. The van der Waals surface area contributed by atoms with E-state index >= 15 is 0 Å². The summed E-state index contributed by atoms with van der Waals surface area (Å²) in [5.41, 5.74) is -0.557. The summed E-state index contributed by atoms with van der Waals surface area (Å²) in [5, 5.41) is 11.4. The molecule has 0 saturated carbocycles. The number of nitrogens with zero attached hydrogens (tertiary/aromatic N) is 1. The van der Waals surface area contributed by atoms with Gasteiger partial charge in [0.05, 0.1) is 6.54 Å². The molecule has 6 heteroatoms. The number of alkyl carbamates (subject to hydrolysis) is 1. The number of likely N-dealkylation sites (tertiary alicyclic amines) is 1. The number of carboxylic acid groups (broad SMARTS) is 1. The number of carboxylic acids is 1. The van der Waals surface area contributed by atoms with E-state index in [2.05, 4.69) is 5.32 Å². The molecule has 1 aliphatic rings. The fraction of sp³-hybridized carbons (Fsp3) is 0.833. The van der Waals surface area contributed by atoms with Crippen molar-refractivity contribution in [1.82, 2.24) is 10.2 Å². The maximum absolute atomic E-state index is 11.5. The normalized spacial score (nSPS) is 25.6. The van der Waals surface area contributed by atoms with Crippen LogP contribution in [0.4, 0.5) is 4.79 Å². The lowest BCUT2D eigenvalue weighted by Crippen LogP contribution is -2.43. The summed E-state index contributed by atoms with van der Waals surface area (Å²) in [6.45, 7) is 5.96. The first kappa shape index (κ1) is 13.1. The first-order valence-electron chi connectivity index (χ1n) is 6.60. The van der Waals surface area contributed by atoms with Gasteiger partial charge in [-0.1, -0.05) is 0 Å². The van der Waals surface area contributed by atoms with Gasteiger partial charge < -0.3 is 15.2 Å². The van der Waals surface area contributed by atoms with Crippen LogP contribution in [-0.4, -0.2) is 53.3 Å². The summed E-state index contributed by atoms with van der Waals surface area (Å²) in [4.78, 5) is 23.9. The van der Waals surface area contributed by atoms with Gasteiger partial charge in [-0.25, -0.2) is 4.79 Å². The molecule has 1 heterocycles. The van der Waals surface area contributed by atoms with Gasteiger partial charge in [0.25, 0.3) is 0 Å². The molecule has 0 aromatic heterocycles. The average molecular weight is 260 g/mol. The summed E-state index contributed by atoms with van der Waals surface area (Å²) in [6, 6.07) is -0.119. The Morgan fingerprint density at radius 2 is 2.22 bits per heavy atom. The highest BCUT2D eigenvalue weighted by Gasteiger charge is 2.27. The number of rotatable bonds is 4. The van der Waals surface area contributed by atoms with Crippen molar-refractivity contribution in [2.24, 2.45) is 0 Å². The average Bonchev–Trinajstić information content (AvgIpc) is 2.52. The molecule has 18 heavy (non-hydrogen) atoms. The van der Waals surface area contributed by atoms with Crippen LogP contribution in [0.3, 0.4) is 0 Å². The van der Waals surface area contributed by atoms with Crippen LogP contribution in [0.1, 0.15) is 35.0 Å². The van der Waals surface area contributed by atoms with Gasteiger partial charge in [-0.15, -0.1) is 0 Å². The second-order valence-electron chi connectivity index (χ2n) is 5.38. The molecule has 1 rings (SSSR count). The van der Waals surface area contributed by atoms with Crippen LogP contribution in [0.5, 0.6) is 0 Å². The van der Waals surface area contributed by atoms with E-state index in [9.17, 15) is 9.59 Å². The highest BCUT2D eigenvalue weighted by Crippen LogP contribution is 2.16. The van der Waals surface area contributed by atoms with Crippen LogP contribution in [0.25, 0.3) is 0 Å². The van der Waals surface area contributed by atoms with Gasteiger partial charge >= 0.3 is 12.1 Å². The van der Waals surface area contributed by atoms with Gasteiger partial charge in [0.2, 0.25) is 0 Å². The maximum Gasteiger partial charge on any atom is 0.407 e. The molecule has 6 nitrogen and oxygen atoms in total.